The second-order valence-electron chi connectivity index (χ2n) is 6.00. The van der Waals surface area contributed by atoms with Crippen molar-refractivity contribution in [3.8, 4) is 0 Å². The van der Waals surface area contributed by atoms with E-state index < -0.39 is 0 Å². The van der Waals surface area contributed by atoms with E-state index in [-0.39, 0.29) is 0 Å². The van der Waals surface area contributed by atoms with Crippen LogP contribution in [0.4, 0.5) is 0 Å². The van der Waals surface area contributed by atoms with Crippen LogP contribution in [0.15, 0.2) is 18.5 Å². The van der Waals surface area contributed by atoms with E-state index in [2.05, 4.69) is 30.2 Å². The fraction of sp³-hybridized carbons (Fsp3) is 0.688. The maximum Gasteiger partial charge on any atom is 0.0621 e. The van der Waals surface area contributed by atoms with Crippen molar-refractivity contribution >= 4 is 11.6 Å². The Bertz CT molecular complexity index is 399. The highest BCUT2D eigenvalue weighted by molar-refractivity contribution is 6.31. The van der Waals surface area contributed by atoms with E-state index in [1.165, 1.54) is 37.7 Å². The number of hydrogen-bond donors (Lipinski definition) is 1. The first kappa shape index (κ1) is 14.8. The average Bonchev–Trinajstić information content (AvgIpc) is 2.41. The number of rotatable bonds is 5. The third-order valence-electron chi connectivity index (χ3n) is 4.57. The number of halogens is 1. The van der Waals surface area contributed by atoms with Gasteiger partial charge in [0.2, 0.25) is 0 Å². The van der Waals surface area contributed by atoms with Gasteiger partial charge in [-0.15, -0.1) is 0 Å². The van der Waals surface area contributed by atoms with E-state index in [4.69, 9.17) is 11.6 Å². The molecule has 3 heteroatoms. The van der Waals surface area contributed by atoms with E-state index in [1.54, 1.807) is 6.20 Å². The molecule has 0 spiro atoms. The van der Waals surface area contributed by atoms with E-state index in [9.17, 15) is 0 Å². The lowest BCUT2D eigenvalue weighted by Gasteiger charge is -2.41. The fourth-order valence-corrected chi connectivity index (χ4v) is 3.51. The zero-order chi connectivity index (χ0) is 13.7. The molecule has 0 aromatic carbocycles. The summed E-state index contributed by atoms with van der Waals surface area (Å²) in [5.41, 5.74) is 1.62. The van der Waals surface area contributed by atoms with Gasteiger partial charge in [0.1, 0.15) is 0 Å². The number of pyridine rings is 1. The monoisotopic (exact) mass is 280 g/mol. The van der Waals surface area contributed by atoms with Gasteiger partial charge in [0.25, 0.3) is 0 Å². The average molecular weight is 281 g/mol. The molecule has 0 aliphatic heterocycles. The van der Waals surface area contributed by atoms with E-state index in [0.29, 0.717) is 11.5 Å². The maximum absolute atomic E-state index is 6.26. The van der Waals surface area contributed by atoms with Crippen molar-refractivity contribution in [3.63, 3.8) is 0 Å². The van der Waals surface area contributed by atoms with Crippen LogP contribution in [0.5, 0.6) is 0 Å². The van der Waals surface area contributed by atoms with Gasteiger partial charge in [-0.05, 0) is 42.9 Å². The van der Waals surface area contributed by atoms with Gasteiger partial charge in [0.15, 0.2) is 0 Å². The molecule has 1 N–H and O–H groups in total. The normalized spacial score (nSPS) is 20.2. The predicted molar refractivity (Wildman–Crippen MR) is 81.6 cm³/mol. The van der Waals surface area contributed by atoms with Crippen molar-refractivity contribution in [2.75, 3.05) is 6.54 Å². The molecule has 19 heavy (non-hydrogen) atoms. The largest absolute Gasteiger partial charge is 0.313 e. The minimum absolute atomic E-state index is 0.404. The summed E-state index contributed by atoms with van der Waals surface area (Å²) in [6, 6.07) is 2.57. The Morgan fingerprint density at radius 2 is 2.11 bits per heavy atom. The molecule has 1 aliphatic rings. The van der Waals surface area contributed by atoms with Gasteiger partial charge in [-0.25, -0.2) is 0 Å². The van der Waals surface area contributed by atoms with Gasteiger partial charge in [0.05, 0.1) is 5.02 Å². The van der Waals surface area contributed by atoms with Crippen molar-refractivity contribution in [3.05, 3.63) is 29.0 Å². The van der Waals surface area contributed by atoms with Crippen LogP contribution in [0.1, 0.15) is 51.5 Å². The molecule has 2 rings (SSSR count). The number of nitrogens with one attached hydrogen (secondary N) is 1. The molecule has 1 saturated carbocycles. The number of nitrogens with zero attached hydrogens (tertiary/aromatic N) is 1. The second kappa shape index (κ2) is 6.71. The Kier molecular flexibility index (Phi) is 5.23. The van der Waals surface area contributed by atoms with Gasteiger partial charge < -0.3 is 5.32 Å². The summed E-state index contributed by atoms with van der Waals surface area (Å²) in [4.78, 5) is 4.08. The summed E-state index contributed by atoms with van der Waals surface area (Å²) < 4.78 is 0. The minimum atomic E-state index is 0.404. The summed E-state index contributed by atoms with van der Waals surface area (Å²) in [6.45, 7) is 5.64. The van der Waals surface area contributed by atoms with E-state index in [1.807, 2.05) is 6.20 Å². The zero-order valence-electron chi connectivity index (χ0n) is 12.1. The SMILES string of the molecule is CCNC(Cc1ccncc1Cl)C1(C)CCCCC1. The molecule has 0 bridgehead atoms. The van der Waals surface area contributed by atoms with Crippen molar-refractivity contribution < 1.29 is 0 Å². The lowest BCUT2D eigenvalue weighted by Crippen LogP contribution is -2.46. The quantitative estimate of drug-likeness (QED) is 0.873. The van der Waals surface area contributed by atoms with Crippen molar-refractivity contribution in [2.24, 2.45) is 5.41 Å². The van der Waals surface area contributed by atoms with Crippen molar-refractivity contribution in [1.82, 2.24) is 10.3 Å². The topological polar surface area (TPSA) is 24.9 Å². The molecule has 0 amide bonds. The smallest absolute Gasteiger partial charge is 0.0621 e. The molecule has 1 atom stereocenters. The van der Waals surface area contributed by atoms with Gasteiger partial charge in [-0.2, -0.15) is 0 Å². The molecule has 1 heterocycles. The highest BCUT2D eigenvalue weighted by atomic mass is 35.5. The van der Waals surface area contributed by atoms with E-state index in [0.717, 1.165) is 18.0 Å². The zero-order valence-corrected chi connectivity index (χ0v) is 12.8. The van der Waals surface area contributed by atoms with Crippen LogP contribution < -0.4 is 5.32 Å². The third-order valence-corrected chi connectivity index (χ3v) is 4.91. The van der Waals surface area contributed by atoms with Crippen molar-refractivity contribution in [1.29, 1.82) is 0 Å². The Labute approximate surface area is 122 Å². The maximum atomic E-state index is 6.26. The highest BCUT2D eigenvalue weighted by Crippen LogP contribution is 2.40. The van der Waals surface area contributed by atoms with Crippen LogP contribution >= 0.6 is 11.6 Å². The summed E-state index contributed by atoms with van der Waals surface area (Å²) >= 11 is 6.26. The van der Waals surface area contributed by atoms with Crippen LogP contribution in [-0.2, 0) is 6.42 Å². The molecule has 1 aliphatic carbocycles. The Morgan fingerprint density at radius 1 is 1.37 bits per heavy atom. The molecular formula is C16H25ClN2. The van der Waals surface area contributed by atoms with Gasteiger partial charge in [-0.1, -0.05) is 44.7 Å². The first-order chi connectivity index (χ1) is 9.15. The van der Waals surface area contributed by atoms with Gasteiger partial charge in [0, 0.05) is 18.4 Å². The Hall–Kier alpha value is -0.600. The lowest BCUT2D eigenvalue weighted by molar-refractivity contribution is 0.145. The molecule has 1 unspecified atom stereocenters. The number of aromatic nitrogens is 1. The molecule has 106 valence electrons. The molecule has 1 fully saturated rings. The molecule has 2 nitrogen and oxygen atoms in total. The van der Waals surface area contributed by atoms with Gasteiger partial charge >= 0.3 is 0 Å². The van der Waals surface area contributed by atoms with Crippen LogP contribution in [0.25, 0.3) is 0 Å². The second-order valence-corrected chi connectivity index (χ2v) is 6.40. The number of hydrogen-bond acceptors (Lipinski definition) is 2. The predicted octanol–water partition coefficient (Wildman–Crippen LogP) is 4.23. The first-order valence-corrected chi connectivity index (χ1v) is 7.85. The van der Waals surface area contributed by atoms with Gasteiger partial charge in [-0.3, -0.25) is 4.98 Å². The summed E-state index contributed by atoms with van der Waals surface area (Å²) in [5, 5.41) is 4.49. The van der Waals surface area contributed by atoms with Crippen LogP contribution in [0.2, 0.25) is 5.02 Å². The summed E-state index contributed by atoms with van der Waals surface area (Å²) in [7, 11) is 0. The lowest BCUT2D eigenvalue weighted by atomic mass is 9.69. The van der Waals surface area contributed by atoms with Crippen LogP contribution in [0.3, 0.4) is 0 Å². The molecule has 0 radical (unpaired) electrons. The Morgan fingerprint density at radius 3 is 2.74 bits per heavy atom. The summed E-state index contributed by atoms with van der Waals surface area (Å²) in [6.07, 6.45) is 11.4. The minimum Gasteiger partial charge on any atom is -0.313 e. The van der Waals surface area contributed by atoms with Crippen LogP contribution in [-0.4, -0.2) is 17.6 Å². The van der Waals surface area contributed by atoms with Crippen LogP contribution in [0, 0.1) is 5.41 Å². The molecule has 1 aromatic heterocycles. The molecule has 1 aromatic rings. The van der Waals surface area contributed by atoms with Crippen molar-refractivity contribution in [2.45, 2.75) is 58.4 Å². The Balaban J connectivity index is 2.13. The number of likely N-dealkylation sites (N-methyl/N-ethyl adjacent to an activating group) is 1. The first-order valence-electron chi connectivity index (χ1n) is 7.47. The standard InChI is InChI=1S/C16H25ClN2/c1-3-19-15(16(2)8-5-4-6-9-16)11-13-7-10-18-12-14(13)17/h7,10,12,15,19H,3-6,8-9,11H2,1-2H3. The fourth-order valence-electron chi connectivity index (χ4n) is 3.31. The third kappa shape index (κ3) is 3.70. The highest BCUT2D eigenvalue weighted by Gasteiger charge is 2.35. The molecular weight excluding hydrogens is 256 g/mol. The summed E-state index contributed by atoms with van der Waals surface area (Å²) in [5.74, 6) is 0. The van der Waals surface area contributed by atoms with E-state index >= 15 is 0 Å². The molecule has 0 saturated heterocycles.